The molecule has 3 heterocycles. The maximum Gasteiger partial charge on any atom is 0.131 e. The molecule has 0 aromatic carbocycles. The van der Waals surface area contributed by atoms with Crippen molar-refractivity contribution in [1.82, 2.24) is 14.9 Å². The molecule has 0 radical (unpaired) electrons. The average Bonchev–Trinajstić information content (AvgIpc) is 2.29. The number of nitrogens with zero attached hydrogens (tertiary/aromatic N) is 3. The molecular formula is C14H21BrN4. The third-order valence-electron chi connectivity index (χ3n) is 4.50. The lowest BCUT2D eigenvalue weighted by atomic mass is 9.82. The Balaban J connectivity index is 1.70. The molecule has 2 aliphatic heterocycles. The zero-order valence-electron chi connectivity index (χ0n) is 11.6. The van der Waals surface area contributed by atoms with Crippen molar-refractivity contribution in [3.63, 3.8) is 0 Å². The number of hydrogen-bond donors (Lipinski definition) is 1. The lowest BCUT2D eigenvalue weighted by molar-refractivity contribution is 0.0608. The van der Waals surface area contributed by atoms with Crippen LogP contribution in [0.1, 0.15) is 37.9 Å². The Morgan fingerprint density at radius 1 is 1.26 bits per heavy atom. The van der Waals surface area contributed by atoms with Crippen LogP contribution in [-0.2, 0) is 0 Å². The van der Waals surface area contributed by atoms with Crippen LogP contribution in [0.15, 0.2) is 10.7 Å². The maximum absolute atomic E-state index is 4.48. The van der Waals surface area contributed by atoms with E-state index in [2.05, 4.69) is 43.2 Å². The first-order chi connectivity index (χ1) is 9.11. The van der Waals surface area contributed by atoms with Crippen LogP contribution in [0.5, 0.6) is 0 Å². The summed E-state index contributed by atoms with van der Waals surface area (Å²) in [4.78, 5) is 11.3. The molecule has 2 saturated heterocycles. The fourth-order valence-corrected chi connectivity index (χ4v) is 4.02. The molecule has 0 amide bonds. The van der Waals surface area contributed by atoms with Crippen LogP contribution in [0, 0.1) is 6.92 Å². The first kappa shape index (κ1) is 13.3. The maximum atomic E-state index is 4.48. The van der Waals surface area contributed by atoms with Gasteiger partial charge in [-0.25, -0.2) is 9.97 Å². The minimum Gasteiger partial charge on any atom is -0.367 e. The predicted molar refractivity (Wildman–Crippen MR) is 80.3 cm³/mol. The summed E-state index contributed by atoms with van der Waals surface area (Å²) in [6.07, 6.45) is 6.54. The van der Waals surface area contributed by atoms with Crippen molar-refractivity contribution in [2.45, 2.75) is 57.2 Å². The van der Waals surface area contributed by atoms with Gasteiger partial charge in [0.05, 0.1) is 0 Å². The van der Waals surface area contributed by atoms with Gasteiger partial charge >= 0.3 is 0 Å². The van der Waals surface area contributed by atoms with Crippen molar-refractivity contribution in [3.05, 3.63) is 16.5 Å². The van der Waals surface area contributed by atoms with Crippen LogP contribution in [0.25, 0.3) is 0 Å². The molecule has 0 aliphatic carbocycles. The van der Waals surface area contributed by atoms with Crippen LogP contribution in [0.3, 0.4) is 0 Å². The average molecular weight is 325 g/mol. The molecule has 1 aromatic heterocycles. The van der Waals surface area contributed by atoms with Crippen LogP contribution in [-0.4, -0.2) is 40.0 Å². The summed E-state index contributed by atoms with van der Waals surface area (Å²) in [5, 5.41) is 3.60. The van der Waals surface area contributed by atoms with E-state index in [-0.39, 0.29) is 0 Å². The molecule has 19 heavy (non-hydrogen) atoms. The normalized spacial score (nSPS) is 31.2. The van der Waals surface area contributed by atoms with Gasteiger partial charge in [-0.05, 0) is 55.6 Å². The molecule has 0 spiro atoms. The SMILES string of the molecule is Cc1nc(Br)cc(NC2CC3CCCC(C2)N3C)n1. The van der Waals surface area contributed by atoms with Gasteiger partial charge in [-0.3, -0.25) is 0 Å². The number of aryl methyl sites for hydroxylation is 1. The largest absolute Gasteiger partial charge is 0.367 e. The summed E-state index contributed by atoms with van der Waals surface area (Å²) < 4.78 is 0.857. The van der Waals surface area contributed by atoms with E-state index >= 15 is 0 Å². The molecule has 4 nitrogen and oxygen atoms in total. The van der Waals surface area contributed by atoms with E-state index in [1.165, 1.54) is 32.1 Å². The van der Waals surface area contributed by atoms with Crippen molar-refractivity contribution in [3.8, 4) is 0 Å². The highest BCUT2D eigenvalue weighted by Gasteiger charge is 2.35. The number of halogens is 1. The van der Waals surface area contributed by atoms with E-state index in [4.69, 9.17) is 0 Å². The zero-order valence-corrected chi connectivity index (χ0v) is 13.2. The van der Waals surface area contributed by atoms with Gasteiger partial charge in [0.25, 0.3) is 0 Å². The highest BCUT2D eigenvalue weighted by Crippen LogP contribution is 2.33. The summed E-state index contributed by atoms with van der Waals surface area (Å²) in [6, 6.07) is 4.02. The van der Waals surface area contributed by atoms with Gasteiger partial charge in [0.1, 0.15) is 16.2 Å². The number of aromatic nitrogens is 2. The van der Waals surface area contributed by atoms with E-state index in [0.717, 1.165) is 28.3 Å². The summed E-state index contributed by atoms with van der Waals surface area (Å²) in [5.41, 5.74) is 0. The third kappa shape index (κ3) is 2.92. The smallest absolute Gasteiger partial charge is 0.131 e. The fourth-order valence-electron chi connectivity index (χ4n) is 3.55. The quantitative estimate of drug-likeness (QED) is 0.849. The first-order valence-corrected chi connectivity index (χ1v) is 7.91. The molecule has 2 fully saturated rings. The Bertz CT molecular complexity index is 431. The van der Waals surface area contributed by atoms with Gasteiger partial charge in [0, 0.05) is 24.2 Å². The monoisotopic (exact) mass is 324 g/mol. The molecular weight excluding hydrogens is 304 g/mol. The molecule has 3 rings (SSSR count). The Hall–Kier alpha value is -0.680. The molecule has 5 heteroatoms. The number of hydrogen-bond acceptors (Lipinski definition) is 4. The predicted octanol–water partition coefficient (Wildman–Crippen LogP) is 2.97. The molecule has 1 aromatic rings. The Morgan fingerprint density at radius 3 is 2.58 bits per heavy atom. The van der Waals surface area contributed by atoms with Crippen LogP contribution >= 0.6 is 15.9 Å². The van der Waals surface area contributed by atoms with E-state index in [9.17, 15) is 0 Å². The van der Waals surface area contributed by atoms with E-state index in [1.807, 2.05) is 13.0 Å². The molecule has 2 aliphatic rings. The van der Waals surface area contributed by atoms with Gasteiger partial charge in [0.2, 0.25) is 0 Å². The highest BCUT2D eigenvalue weighted by atomic mass is 79.9. The summed E-state index contributed by atoms with van der Waals surface area (Å²) in [6.45, 7) is 1.93. The van der Waals surface area contributed by atoms with Crippen molar-refractivity contribution < 1.29 is 0 Å². The number of fused-ring (bicyclic) bond motifs is 2. The number of piperidine rings is 2. The van der Waals surface area contributed by atoms with Crippen LogP contribution in [0.2, 0.25) is 0 Å². The summed E-state index contributed by atoms with van der Waals surface area (Å²) in [7, 11) is 2.29. The molecule has 104 valence electrons. The summed E-state index contributed by atoms with van der Waals surface area (Å²) >= 11 is 3.44. The van der Waals surface area contributed by atoms with E-state index in [1.54, 1.807) is 0 Å². The first-order valence-electron chi connectivity index (χ1n) is 7.11. The second-order valence-corrected chi connectivity index (χ2v) is 6.65. The minimum atomic E-state index is 0.549. The number of nitrogens with one attached hydrogen (secondary N) is 1. The van der Waals surface area contributed by atoms with Gasteiger partial charge in [-0.2, -0.15) is 0 Å². The van der Waals surface area contributed by atoms with Gasteiger partial charge < -0.3 is 10.2 Å². The van der Waals surface area contributed by atoms with Crippen molar-refractivity contribution in [1.29, 1.82) is 0 Å². The van der Waals surface area contributed by atoms with Crippen LogP contribution < -0.4 is 5.32 Å². The Labute approximate surface area is 123 Å². The molecule has 2 unspecified atom stereocenters. The zero-order chi connectivity index (χ0) is 13.4. The fraction of sp³-hybridized carbons (Fsp3) is 0.714. The highest BCUT2D eigenvalue weighted by molar-refractivity contribution is 9.10. The molecule has 0 saturated carbocycles. The summed E-state index contributed by atoms with van der Waals surface area (Å²) in [5.74, 6) is 1.76. The van der Waals surface area contributed by atoms with Crippen molar-refractivity contribution >= 4 is 21.7 Å². The molecule has 1 N–H and O–H groups in total. The van der Waals surface area contributed by atoms with E-state index in [0.29, 0.717) is 6.04 Å². The van der Waals surface area contributed by atoms with Crippen LogP contribution in [0.4, 0.5) is 5.82 Å². The lowest BCUT2D eigenvalue weighted by Gasteiger charge is -2.47. The van der Waals surface area contributed by atoms with Gasteiger partial charge in [0.15, 0.2) is 0 Å². The topological polar surface area (TPSA) is 41.1 Å². The Kier molecular flexibility index (Phi) is 3.76. The minimum absolute atomic E-state index is 0.549. The van der Waals surface area contributed by atoms with Crippen molar-refractivity contribution in [2.24, 2.45) is 0 Å². The van der Waals surface area contributed by atoms with Crippen molar-refractivity contribution in [2.75, 3.05) is 12.4 Å². The lowest BCUT2D eigenvalue weighted by Crippen LogP contribution is -2.52. The van der Waals surface area contributed by atoms with E-state index < -0.39 is 0 Å². The van der Waals surface area contributed by atoms with Gasteiger partial charge in [-0.1, -0.05) is 6.42 Å². The number of anilines is 1. The second-order valence-electron chi connectivity index (χ2n) is 5.84. The second kappa shape index (κ2) is 5.37. The third-order valence-corrected chi connectivity index (χ3v) is 4.90. The standard InChI is InChI=1S/C14H21BrN4/c1-9-16-13(15)8-14(17-9)18-10-6-11-4-3-5-12(7-10)19(11)2/h8,10-12H,3-7H2,1-2H3,(H,16,17,18). The molecule has 2 atom stereocenters. The van der Waals surface area contributed by atoms with Gasteiger partial charge in [-0.15, -0.1) is 0 Å². The molecule has 2 bridgehead atoms. The Morgan fingerprint density at radius 2 is 1.95 bits per heavy atom. The number of rotatable bonds is 2.